The molecule has 0 saturated carbocycles. The summed E-state index contributed by atoms with van der Waals surface area (Å²) in [4.78, 5) is 24.9. The number of rotatable bonds is 4. The minimum Gasteiger partial charge on any atom is -0.453 e. The highest BCUT2D eigenvalue weighted by molar-refractivity contribution is 9.10. The Morgan fingerprint density at radius 2 is 2.14 bits per heavy atom. The second-order valence-corrected chi connectivity index (χ2v) is 7.61. The van der Waals surface area contributed by atoms with Crippen LogP contribution in [0.5, 0.6) is 11.5 Å². The van der Waals surface area contributed by atoms with E-state index >= 15 is 4.39 Å². The van der Waals surface area contributed by atoms with Gasteiger partial charge in [-0.15, -0.1) is 0 Å². The number of nitriles is 1. The Morgan fingerprint density at radius 3 is 2.86 bits per heavy atom. The van der Waals surface area contributed by atoms with Crippen molar-refractivity contribution < 1.29 is 18.7 Å². The molecule has 0 bridgehead atoms. The van der Waals surface area contributed by atoms with Crippen molar-refractivity contribution in [2.24, 2.45) is 5.92 Å². The summed E-state index contributed by atoms with van der Waals surface area (Å²) in [6.45, 7) is 1.85. The fourth-order valence-corrected chi connectivity index (χ4v) is 3.35. The van der Waals surface area contributed by atoms with E-state index in [1.54, 1.807) is 13.0 Å². The molecule has 1 aliphatic heterocycles. The van der Waals surface area contributed by atoms with Crippen LogP contribution in [0.2, 0.25) is 5.02 Å². The van der Waals surface area contributed by atoms with E-state index in [1.165, 1.54) is 29.2 Å². The summed E-state index contributed by atoms with van der Waals surface area (Å²) in [5.74, 6) is -1.29. The summed E-state index contributed by atoms with van der Waals surface area (Å²) in [5.41, 5.74) is 0.497. The largest absolute Gasteiger partial charge is 0.453 e. The first-order valence-corrected chi connectivity index (χ1v) is 9.40. The van der Waals surface area contributed by atoms with Crippen LogP contribution in [-0.2, 0) is 11.3 Å². The third-order valence-corrected chi connectivity index (χ3v) is 5.01. The summed E-state index contributed by atoms with van der Waals surface area (Å²) in [7, 11) is 0. The predicted molar refractivity (Wildman–Crippen MR) is 103 cm³/mol. The van der Waals surface area contributed by atoms with Crippen molar-refractivity contribution in [3.8, 4) is 17.6 Å². The summed E-state index contributed by atoms with van der Waals surface area (Å²) < 4.78 is 21.1. The minimum absolute atomic E-state index is 0.0298. The molecule has 0 radical (unpaired) electrons. The first kappa shape index (κ1) is 20.1. The maximum atomic E-state index is 15.1. The molecular weight excluding hydrogens is 453 g/mol. The number of hydrogen-bond donors (Lipinski definition) is 1. The lowest BCUT2D eigenvalue weighted by Gasteiger charge is -2.30. The lowest BCUT2D eigenvalue weighted by atomic mass is 10.1. The number of nitrogens with zero attached hydrogens (tertiary/aromatic N) is 2. The Balaban J connectivity index is 1.88. The van der Waals surface area contributed by atoms with Gasteiger partial charge in [0.05, 0.1) is 28.6 Å². The Hall–Kier alpha value is -2.63. The van der Waals surface area contributed by atoms with Crippen LogP contribution in [-0.4, -0.2) is 23.4 Å². The minimum atomic E-state index is -0.662. The Bertz CT molecular complexity index is 1010. The van der Waals surface area contributed by atoms with Crippen LogP contribution in [0.1, 0.15) is 18.1 Å². The molecule has 6 nitrogen and oxygen atoms in total. The molecule has 1 unspecified atom stereocenters. The molecule has 1 fully saturated rings. The van der Waals surface area contributed by atoms with Crippen molar-refractivity contribution in [1.82, 2.24) is 10.2 Å². The number of ether oxygens (including phenoxy) is 1. The third-order valence-electron chi connectivity index (χ3n) is 4.17. The molecule has 3 rings (SSSR count). The lowest BCUT2D eigenvalue weighted by Crippen LogP contribution is -2.53. The molecule has 0 aromatic heterocycles. The van der Waals surface area contributed by atoms with E-state index in [2.05, 4.69) is 21.2 Å². The van der Waals surface area contributed by atoms with Crippen molar-refractivity contribution in [2.45, 2.75) is 13.5 Å². The highest BCUT2D eigenvalue weighted by atomic mass is 79.9. The highest BCUT2D eigenvalue weighted by Gasteiger charge is 2.30. The first-order valence-electron chi connectivity index (χ1n) is 8.23. The van der Waals surface area contributed by atoms with E-state index in [4.69, 9.17) is 21.6 Å². The van der Waals surface area contributed by atoms with Crippen molar-refractivity contribution in [3.05, 3.63) is 56.8 Å². The van der Waals surface area contributed by atoms with Crippen LogP contribution in [0, 0.1) is 23.1 Å². The highest BCUT2D eigenvalue weighted by Crippen LogP contribution is 2.36. The van der Waals surface area contributed by atoms with Gasteiger partial charge in [-0.3, -0.25) is 10.1 Å². The molecular formula is C19H14BrClFN3O3. The van der Waals surface area contributed by atoms with E-state index in [0.29, 0.717) is 4.47 Å². The molecule has 1 N–H and O–H groups in total. The number of benzene rings is 2. The first-order chi connectivity index (χ1) is 13.3. The van der Waals surface area contributed by atoms with Crippen molar-refractivity contribution in [3.63, 3.8) is 0 Å². The Labute approximate surface area is 174 Å². The molecule has 9 heteroatoms. The molecule has 0 spiro atoms. The van der Waals surface area contributed by atoms with Crippen LogP contribution in [0.4, 0.5) is 9.18 Å². The van der Waals surface area contributed by atoms with Gasteiger partial charge in [-0.1, -0.05) is 24.6 Å². The normalized spacial score (nSPS) is 16.5. The number of amides is 3. The quantitative estimate of drug-likeness (QED) is 0.714. The van der Waals surface area contributed by atoms with Crippen molar-refractivity contribution in [1.29, 1.82) is 5.26 Å². The van der Waals surface area contributed by atoms with Gasteiger partial charge in [0.1, 0.15) is 5.75 Å². The molecule has 0 aliphatic carbocycles. The van der Waals surface area contributed by atoms with Gasteiger partial charge in [0.25, 0.3) is 0 Å². The molecule has 2 aromatic carbocycles. The van der Waals surface area contributed by atoms with Crippen LogP contribution in [0.3, 0.4) is 0 Å². The Morgan fingerprint density at radius 1 is 1.39 bits per heavy atom. The van der Waals surface area contributed by atoms with Gasteiger partial charge < -0.3 is 9.64 Å². The molecule has 3 amide bonds. The summed E-state index contributed by atoms with van der Waals surface area (Å²) in [6.07, 6.45) is 0. The zero-order valence-electron chi connectivity index (χ0n) is 14.6. The number of urea groups is 1. The molecule has 2 aromatic rings. The monoisotopic (exact) mass is 465 g/mol. The number of halogens is 3. The van der Waals surface area contributed by atoms with E-state index in [9.17, 15) is 9.59 Å². The number of hydrogen-bond acceptors (Lipinski definition) is 4. The zero-order valence-corrected chi connectivity index (χ0v) is 17.0. The Kier molecular flexibility index (Phi) is 5.87. The van der Waals surface area contributed by atoms with E-state index in [0.717, 1.165) is 0 Å². The number of imide groups is 1. The summed E-state index contributed by atoms with van der Waals surface area (Å²) in [6, 6.07) is 8.88. The van der Waals surface area contributed by atoms with E-state index in [-0.39, 0.29) is 52.6 Å². The lowest BCUT2D eigenvalue weighted by molar-refractivity contribution is -0.125. The smallest absolute Gasteiger partial charge is 0.324 e. The topological polar surface area (TPSA) is 82.4 Å². The van der Waals surface area contributed by atoms with Gasteiger partial charge in [0.15, 0.2) is 11.6 Å². The predicted octanol–water partition coefficient (Wildman–Crippen LogP) is 4.59. The molecule has 1 heterocycles. The number of nitrogens with one attached hydrogen (secondary N) is 1. The van der Waals surface area contributed by atoms with E-state index in [1.807, 2.05) is 6.07 Å². The molecule has 1 aliphatic rings. The molecule has 1 atom stereocenters. The SMILES string of the molecule is CC1CN(Cc2ccc(Br)c(Oc3cc(Cl)cc(C#N)c3)c2F)C(=O)NC1=O. The molecule has 1 saturated heterocycles. The van der Waals surface area contributed by atoms with Crippen LogP contribution in [0.15, 0.2) is 34.8 Å². The van der Waals surface area contributed by atoms with Gasteiger partial charge in [0.2, 0.25) is 5.91 Å². The third kappa shape index (κ3) is 4.26. The van der Waals surface area contributed by atoms with E-state index < -0.39 is 11.8 Å². The zero-order chi connectivity index (χ0) is 20.4. The fraction of sp³-hybridized carbons (Fsp3) is 0.211. The second kappa shape index (κ2) is 8.17. The maximum absolute atomic E-state index is 15.1. The van der Waals surface area contributed by atoms with Crippen LogP contribution in [0.25, 0.3) is 0 Å². The van der Waals surface area contributed by atoms with Crippen molar-refractivity contribution in [2.75, 3.05) is 6.54 Å². The summed E-state index contributed by atoms with van der Waals surface area (Å²) >= 11 is 9.21. The molecule has 28 heavy (non-hydrogen) atoms. The van der Waals surface area contributed by atoms with Gasteiger partial charge in [-0.05, 0) is 40.2 Å². The number of carbonyl (C=O) groups excluding carboxylic acids is 2. The van der Waals surface area contributed by atoms with Crippen molar-refractivity contribution >= 4 is 39.5 Å². The van der Waals surface area contributed by atoms with Gasteiger partial charge in [-0.25, -0.2) is 9.18 Å². The average molecular weight is 467 g/mol. The summed E-state index contributed by atoms with van der Waals surface area (Å²) in [5, 5.41) is 11.6. The van der Waals surface area contributed by atoms with Gasteiger partial charge >= 0.3 is 6.03 Å². The number of carbonyl (C=O) groups is 2. The second-order valence-electron chi connectivity index (χ2n) is 6.32. The van der Waals surface area contributed by atoms with Gasteiger partial charge in [0, 0.05) is 17.1 Å². The average Bonchev–Trinajstić information content (AvgIpc) is 2.64. The van der Waals surface area contributed by atoms with Gasteiger partial charge in [-0.2, -0.15) is 5.26 Å². The maximum Gasteiger partial charge on any atom is 0.324 e. The van der Waals surface area contributed by atoms with Crippen LogP contribution >= 0.6 is 27.5 Å². The standard InChI is InChI=1S/C19H14BrClFN3O3/c1-10-8-25(19(27)24-18(10)26)9-12-2-3-15(20)17(16(12)22)28-14-5-11(7-23)4-13(21)6-14/h2-6,10H,8-9H2,1H3,(H,24,26,27). The fourth-order valence-electron chi connectivity index (χ4n) is 2.74. The van der Waals surface area contributed by atoms with Crippen LogP contribution < -0.4 is 10.1 Å². The molecule has 144 valence electrons.